The Hall–Kier alpha value is -1.32. The van der Waals surface area contributed by atoms with Crippen LogP contribution in [0, 0.1) is 0 Å². The van der Waals surface area contributed by atoms with Gasteiger partial charge in [-0.25, -0.2) is 4.98 Å². The van der Waals surface area contributed by atoms with Gasteiger partial charge >= 0.3 is 0 Å². The zero-order valence-corrected chi connectivity index (χ0v) is 12.3. The summed E-state index contributed by atoms with van der Waals surface area (Å²) < 4.78 is 5.88. The maximum Gasteiger partial charge on any atom is 0.221 e. The van der Waals surface area contributed by atoms with Crippen molar-refractivity contribution in [3.05, 3.63) is 36.0 Å². The van der Waals surface area contributed by atoms with Crippen molar-refractivity contribution in [1.29, 1.82) is 0 Å². The second kappa shape index (κ2) is 6.42. The molecule has 3 rings (SSSR count). The highest BCUT2D eigenvalue weighted by atomic mass is 35.5. The largest absolute Gasteiger partial charge is 0.476 e. The van der Waals surface area contributed by atoms with E-state index in [1.807, 2.05) is 24.4 Å². The minimum atomic E-state index is 0.474. The van der Waals surface area contributed by atoms with Crippen LogP contribution in [0.15, 0.2) is 30.5 Å². The van der Waals surface area contributed by atoms with Gasteiger partial charge < -0.3 is 4.74 Å². The van der Waals surface area contributed by atoms with Crippen LogP contribution in [-0.2, 0) is 5.88 Å². The van der Waals surface area contributed by atoms with Crippen LogP contribution in [0.5, 0.6) is 5.88 Å². The van der Waals surface area contributed by atoms with Crippen LogP contribution in [-0.4, -0.2) is 36.1 Å². The van der Waals surface area contributed by atoms with E-state index in [2.05, 4.69) is 16.0 Å². The monoisotopic (exact) mass is 290 g/mol. The molecule has 106 valence electrons. The summed E-state index contributed by atoms with van der Waals surface area (Å²) in [4.78, 5) is 6.86. The summed E-state index contributed by atoms with van der Waals surface area (Å²) >= 11 is 5.96. The van der Waals surface area contributed by atoms with Gasteiger partial charge in [0.05, 0.1) is 0 Å². The van der Waals surface area contributed by atoms with Crippen molar-refractivity contribution in [2.75, 3.05) is 26.2 Å². The van der Waals surface area contributed by atoms with E-state index < -0.39 is 0 Å². The van der Waals surface area contributed by atoms with Crippen molar-refractivity contribution in [1.82, 2.24) is 9.88 Å². The Kier molecular flexibility index (Phi) is 4.38. The molecule has 1 aromatic heterocycles. The molecular weight excluding hydrogens is 272 g/mol. The highest BCUT2D eigenvalue weighted by Gasteiger charge is 2.12. The highest BCUT2D eigenvalue weighted by Crippen LogP contribution is 2.27. The molecule has 0 amide bonds. The molecule has 0 aliphatic carbocycles. The predicted octanol–water partition coefficient (Wildman–Crippen LogP) is 3.45. The van der Waals surface area contributed by atoms with Crippen LogP contribution in [0.2, 0.25) is 0 Å². The summed E-state index contributed by atoms with van der Waals surface area (Å²) in [6, 6.07) is 8.15. The van der Waals surface area contributed by atoms with Gasteiger partial charge in [0.25, 0.3) is 0 Å². The van der Waals surface area contributed by atoms with E-state index in [0.29, 0.717) is 18.4 Å². The highest BCUT2D eigenvalue weighted by molar-refractivity contribution is 6.18. The number of likely N-dealkylation sites (tertiary alicyclic amines) is 1. The molecule has 2 heterocycles. The molecule has 4 heteroatoms. The first-order chi connectivity index (χ1) is 9.88. The van der Waals surface area contributed by atoms with Crippen LogP contribution in [0.4, 0.5) is 0 Å². The van der Waals surface area contributed by atoms with E-state index in [1.165, 1.54) is 25.9 Å². The number of halogens is 1. The molecule has 1 aliphatic heterocycles. The fourth-order valence-corrected chi connectivity index (χ4v) is 2.94. The summed E-state index contributed by atoms with van der Waals surface area (Å²) in [5, 5.41) is 2.18. The maximum absolute atomic E-state index is 5.96. The van der Waals surface area contributed by atoms with Gasteiger partial charge in [-0.3, -0.25) is 4.90 Å². The van der Waals surface area contributed by atoms with Gasteiger partial charge in [-0.1, -0.05) is 18.2 Å². The number of hydrogen-bond acceptors (Lipinski definition) is 3. The van der Waals surface area contributed by atoms with Gasteiger partial charge in [0, 0.05) is 24.0 Å². The van der Waals surface area contributed by atoms with Crippen molar-refractivity contribution in [2.24, 2.45) is 0 Å². The molecule has 0 atom stereocenters. The SMILES string of the molecule is ClCc1cnc(OCCN2CCCC2)c2ccccc12. The normalized spacial score (nSPS) is 15.8. The molecule has 0 spiro atoms. The standard InChI is InChI=1S/C16H19ClN2O/c17-11-13-12-18-16(15-6-2-1-5-14(13)15)20-10-9-19-7-3-4-8-19/h1-2,5-6,12H,3-4,7-11H2. The lowest BCUT2D eigenvalue weighted by atomic mass is 10.1. The van der Waals surface area contributed by atoms with Crippen molar-refractivity contribution in [3.8, 4) is 5.88 Å². The van der Waals surface area contributed by atoms with Crippen LogP contribution in [0.1, 0.15) is 18.4 Å². The summed E-state index contributed by atoms with van der Waals surface area (Å²) in [7, 11) is 0. The molecule has 0 N–H and O–H groups in total. The smallest absolute Gasteiger partial charge is 0.221 e. The molecule has 3 nitrogen and oxygen atoms in total. The zero-order valence-electron chi connectivity index (χ0n) is 11.5. The third kappa shape index (κ3) is 2.89. The Morgan fingerprint density at radius 1 is 1.15 bits per heavy atom. The van der Waals surface area contributed by atoms with E-state index in [-0.39, 0.29) is 0 Å². The number of rotatable bonds is 5. The van der Waals surface area contributed by atoms with E-state index in [0.717, 1.165) is 22.9 Å². The van der Waals surface area contributed by atoms with Crippen molar-refractivity contribution in [2.45, 2.75) is 18.7 Å². The van der Waals surface area contributed by atoms with Gasteiger partial charge in [0.1, 0.15) is 6.61 Å². The fraction of sp³-hybridized carbons (Fsp3) is 0.438. The topological polar surface area (TPSA) is 25.4 Å². The van der Waals surface area contributed by atoms with Gasteiger partial charge in [0.2, 0.25) is 5.88 Å². The Balaban J connectivity index is 1.74. The molecule has 1 saturated heterocycles. The van der Waals surface area contributed by atoms with E-state index in [9.17, 15) is 0 Å². The van der Waals surface area contributed by atoms with Crippen molar-refractivity contribution in [3.63, 3.8) is 0 Å². The average molecular weight is 291 g/mol. The third-order valence-corrected chi connectivity index (χ3v) is 4.12. The number of alkyl halides is 1. The van der Waals surface area contributed by atoms with Crippen LogP contribution in [0.3, 0.4) is 0 Å². The average Bonchev–Trinajstić information content (AvgIpc) is 3.01. The number of benzene rings is 1. The molecule has 0 saturated carbocycles. The molecule has 1 aliphatic rings. The van der Waals surface area contributed by atoms with Gasteiger partial charge in [-0.05, 0) is 42.9 Å². The van der Waals surface area contributed by atoms with E-state index in [1.54, 1.807) is 0 Å². The predicted molar refractivity (Wildman–Crippen MR) is 82.5 cm³/mol. The number of pyridine rings is 1. The van der Waals surface area contributed by atoms with Crippen LogP contribution >= 0.6 is 11.6 Å². The first kappa shape index (κ1) is 13.7. The molecule has 1 fully saturated rings. The molecule has 0 unspecified atom stereocenters. The van der Waals surface area contributed by atoms with Gasteiger partial charge in [-0.15, -0.1) is 11.6 Å². The third-order valence-electron chi connectivity index (χ3n) is 3.83. The zero-order chi connectivity index (χ0) is 13.8. The fourth-order valence-electron chi connectivity index (χ4n) is 2.72. The van der Waals surface area contributed by atoms with Gasteiger partial charge in [0.15, 0.2) is 0 Å². The lowest BCUT2D eigenvalue weighted by molar-refractivity contribution is 0.234. The second-order valence-corrected chi connectivity index (χ2v) is 5.43. The first-order valence-electron chi connectivity index (χ1n) is 7.16. The Morgan fingerprint density at radius 2 is 1.90 bits per heavy atom. The molecule has 2 aromatic rings. The summed E-state index contributed by atoms with van der Waals surface area (Å²) in [6.45, 7) is 4.07. The molecule has 1 aromatic carbocycles. The minimum Gasteiger partial charge on any atom is -0.476 e. The van der Waals surface area contributed by atoms with E-state index >= 15 is 0 Å². The Bertz CT molecular complexity index is 582. The Morgan fingerprint density at radius 3 is 2.65 bits per heavy atom. The number of nitrogens with zero attached hydrogens (tertiary/aromatic N) is 2. The van der Waals surface area contributed by atoms with Gasteiger partial charge in [-0.2, -0.15) is 0 Å². The quantitative estimate of drug-likeness (QED) is 0.789. The number of aromatic nitrogens is 1. The maximum atomic E-state index is 5.96. The summed E-state index contributed by atoms with van der Waals surface area (Å²) in [5.74, 6) is 1.19. The summed E-state index contributed by atoms with van der Waals surface area (Å²) in [6.07, 6.45) is 4.44. The molecule has 0 bridgehead atoms. The first-order valence-corrected chi connectivity index (χ1v) is 7.69. The second-order valence-electron chi connectivity index (χ2n) is 5.17. The molecule has 0 radical (unpaired) electrons. The van der Waals surface area contributed by atoms with Crippen LogP contribution in [0.25, 0.3) is 10.8 Å². The lowest BCUT2D eigenvalue weighted by Crippen LogP contribution is -2.25. The number of ether oxygens (including phenoxy) is 1. The molecule has 20 heavy (non-hydrogen) atoms. The van der Waals surface area contributed by atoms with Crippen molar-refractivity contribution < 1.29 is 4.74 Å². The number of fused-ring (bicyclic) bond motifs is 1. The molecular formula is C16H19ClN2O. The Labute approximate surface area is 124 Å². The van der Waals surface area contributed by atoms with Crippen molar-refractivity contribution >= 4 is 22.4 Å². The lowest BCUT2D eigenvalue weighted by Gasteiger charge is -2.15. The minimum absolute atomic E-state index is 0.474. The van der Waals surface area contributed by atoms with E-state index in [4.69, 9.17) is 16.3 Å². The van der Waals surface area contributed by atoms with Crippen LogP contribution < -0.4 is 4.74 Å². The number of hydrogen-bond donors (Lipinski definition) is 0. The summed E-state index contributed by atoms with van der Waals surface area (Å²) in [5.41, 5.74) is 1.05.